The third-order valence-corrected chi connectivity index (χ3v) is 7.52. The number of rotatable bonds is 6. The van der Waals surface area contributed by atoms with E-state index >= 15 is 0 Å². The highest BCUT2D eigenvalue weighted by Crippen LogP contribution is 2.25. The smallest absolute Gasteiger partial charge is 0.252 e. The number of morpholine rings is 1. The van der Waals surface area contributed by atoms with Gasteiger partial charge in [-0.2, -0.15) is 4.31 Å². The second-order valence-corrected chi connectivity index (χ2v) is 9.51. The van der Waals surface area contributed by atoms with Crippen LogP contribution in [0.5, 0.6) is 0 Å². The van der Waals surface area contributed by atoms with Crippen molar-refractivity contribution in [1.82, 2.24) is 9.62 Å². The van der Waals surface area contributed by atoms with Crippen molar-refractivity contribution in [2.75, 3.05) is 31.6 Å². The number of carbonyl (C=O) groups excluding carboxylic acids is 2. The highest BCUT2D eigenvalue weighted by Gasteiger charge is 2.27. The summed E-state index contributed by atoms with van der Waals surface area (Å²) in [5, 5.41) is 5.40. The molecule has 2 heterocycles. The van der Waals surface area contributed by atoms with Crippen LogP contribution in [0, 0.1) is 0 Å². The first-order chi connectivity index (χ1) is 13.4. The predicted octanol–water partition coefficient (Wildman–Crippen LogP) is 1.66. The average molecular weight is 424 g/mol. The van der Waals surface area contributed by atoms with Gasteiger partial charge in [-0.1, -0.05) is 6.07 Å². The van der Waals surface area contributed by atoms with Crippen LogP contribution in [0.25, 0.3) is 0 Å². The maximum atomic E-state index is 12.6. The van der Waals surface area contributed by atoms with Crippen LogP contribution in [0.2, 0.25) is 0 Å². The minimum atomic E-state index is -3.53. The van der Waals surface area contributed by atoms with Crippen molar-refractivity contribution in [1.29, 1.82) is 0 Å². The summed E-state index contributed by atoms with van der Waals surface area (Å²) in [5.41, 5.74) is 0.944. The molecule has 0 bridgehead atoms. The number of benzene rings is 1. The van der Waals surface area contributed by atoms with Gasteiger partial charge in [0.05, 0.1) is 19.8 Å². The molecule has 2 aromatic rings. The fraction of sp³-hybridized carbons (Fsp3) is 0.333. The maximum absolute atomic E-state index is 12.6. The lowest BCUT2D eigenvalue weighted by Crippen LogP contribution is -2.40. The molecular weight excluding hydrogens is 402 g/mol. The molecule has 150 valence electrons. The summed E-state index contributed by atoms with van der Waals surface area (Å²) < 4.78 is 32.2. The fourth-order valence-electron chi connectivity index (χ4n) is 2.72. The van der Waals surface area contributed by atoms with Crippen LogP contribution in [-0.4, -0.2) is 50.8 Å². The van der Waals surface area contributed by atoms with Crippen molar-refractivity contribution in [3.63, 3.8) is 0 Å². The van der Waals surface area contributed by atoms with E-state index in [4.69, 9.17) is 4.74 Å². The highest BCUT2D eigenvalue weighted by atomic mass is 32.2. The van der Waals surface area contributed by atoms with Crippen molar-refractivity contribution < 1.29 is 22.7 Å². The van der Waals surface area contributed by atoms with Gasteiger partial charge in [0, 0.05) is 36.1 Å². The van der Waals surface area contributed by atoms with Crippen molar-refractivity contribution >= 4 is 38.9 Å². The number of ether oxygens (including phenoxy) is 1. The Morgan fingerprint density at radius 2 is 1.93 bits per heavy atom. The Labute approximate surface area is 167 Å². The Hall–Kier alpha value is -2.27. The molecule has 1 aromatic carbocycles. The lowest BCUT2D eigenvalue weighted by molar-refractivity contribution is -0.114. The van der Waals surface area contributed by atoms with Gasteiger partial charge in [0.2, 0.25) is 5.91 Å². The van der Waals surface area contributed by atoms with Gasteiger partial charge in [-0.15, -0.1) is 11.3 Å². The predicted molar refractivity (Wildman–Crippen MR) is 106 cm³/mol. The molecule has 1 saturated heterocycles. The summed E-state index contributed by atoms with van der Waals surface area (Å²) in [7, 11) is -3.53. The monoisotopic (exact) mass is 423 g/mol. The SMILES string of the molecule is CC(=O)Nc1cccc(C(=O)NCc2ccc(S(=O)(=O)N3CCOCC3)s2)c1. The van der Waals surface area contributed by atoms with Crippen molar-refractivity contribution in [3.05, 3.63) is 46.8 Å². The quantitative estimate of drug-likeness (QED) is 0.735. The van der Waals surface area contributed by atoms with Crippen molar-refractivity contribution in [2.24, 2.45) is 0 Å². The minimum Gasteiger partial charge on any atom is -0.379 e. The van der Waals surface area contributed by atoms with E-state index in [0.717, 1.165) is 16.2 Å². The maximum Gasteiger partial charge on any atom is 0.252 e. The molecule has 0 saturated carbocycles. The number of amides is 2. The Bertz CT molecular complexity index is 965. The molecule has 2 amide bonds. The topological polar surface area (TPSA) is 105 Å². The Morgan fingerprint density at radius 3 is 2.64 bits per heavy atom. The van der Waals surface area contributed by atoms with Crippen LogP contribution < -0.4 is 10.6 Å². The number of thiophene rings is 1. The molecule has 28 heavy (non-hydrogen) atoms. The summed E-state index contributed by atoms with van der Waals surface area (Å²) in [6.07, 6.45) is 0. The third kappa shape index (κ3) is 4.96. The van der Waals surface area contributed by atoms with E-state index in [2.05, 4.69) is 10.6 Å². The number of hydrogen-bond donors (Lipinski definition) is 2. The third-order valence-electron chi connectivity index (χ3n) is 4.07. The highest BCUT2D eigenvalue weighted by molar-refractivity contribution is 7.91. The van der Waals surface area contributed by atoms with Crippen LogP contribution in [0.1, 0.15) is 22.2 Å². The molecule has 1 aliphatic rings. The molecule has 0 aliphatic carbocycles. The normalized spacial score (nSPS) is 15.2. The number of nitrogens with zero attached hydrogens (tertiary/aromatic N) is 1. The molecule has 8 nitrogen and oxygen atoms in total. The van der Waals surface area contributed by atoms with E-state index in [1.165, 1.54) is 11.2 Å². The van der Waals surface area contributed by atoms with E-state index < -0.39 is 10.0 Å². The lowest BCUT2D eigenvalue weighted by atomic mass is 10.2. The Morgan fingerprint density at radius 1 is 1.18 bits per heavy atom. The molecule has 3 rings (SSSR count). The van der Waals surface area contributed by atoms with Gasteiger partial charge in [0.1, 0.15) is 4.21 Å². The minimum absolute atomic E-state index is 0.215. The zero-order chi connectivity index (χ0) is 20.1. The van der Waals surface area contributed by atoms with Crippen LogP contribution in [0.15, 0.2) is 40.6 Å². The van der Waals surface area contributed by atoms with Crippen molar-refractivity contribution in [3.8, 4) is 0 Å². The van der Waals surface area contributed by atoms with E-state index in [9.17, 15) is 18.0 Å². The molecule has 1 aromatic heterocycles. The molecule has 1 aliphatic heterocycles. The summed E-state index contributed by atoms with van der Waals surface area (Å²) in [5.74, 6) is -0.525. The van der Waals surface area contributed by atoms with E-state index in [1.807, 2.05) is 0 Å². The average Bonchev–Trinajstić information content (AvgIpc) is 3.16. The van der Waals surface area contributed by atoms with Gasteiger partial charge in [-0.05, 0) is 30.3 Å². The van der Waals surface area contributed by atoms with Crippen molar-refractivity contribution in [2.45, 2.75) is 17.7 Å². The van der Waals surface area contributed by atoms with E-state index in [1.54, 1.807) is 36.4 Å². The van der Waals surface area contributed by atoms with Crippen LogP contribution in [0.4, 0.5) is 5.69 Å². The molecule has 0 radical (unpaired) electrons. The lowest BCUT2D eigenvalue weighted by Gasteiger charge is -2.25. The number of carbonyl (C=O) groups is 2. The second kappa shape index (κ2) is 8.82. The summed E-state index contributed by atoms with van der Waals surface area (Å²) in [6.45, 7) is 3.09. The summed E-state index contributed by atoms with van der Waals surface area (Å²) in [4.78, 5) is 24.2. The Balaban J connectivity index is 1.62. The van der Waals surface area contributed by atoms with Gasteiger partial charge in [0.15, 0.2) is 0 Å². The molecule has 2 N–H and O–H groups in total. The molecule has 10 heteroatoms. The second-order valence-electron chi connectivity index (χ2n) is 6.18. The largest absolute Gasteiger partial charge is 0.379 e. The molecular formula is C18H21N3O5S2. The number of hydrogen-bond acceptors (Lipinski definition) is 6. The Kier molecular flexibility index (Phi) is 6.45. The molecule has 0 unspecified atom stereocenters. The fourth-order valence-corrected chi connectivity index (χ4v) is 5.57. The summed E-state index contributed by atoms with van der Waals surface area (Å²) >= 11 is 1.14. The first-order valence-corrected chi connectivity index (χ1v) is 10.9. The van der Waals surface area contributed by atoms with Gasteiger partial charge < -0.3 is 15.4 Å². The van der Waals surface area contributed by atoms with Crippen LogP contribution >= 0.6 is 11.3 Å². The van der Waals surface area contributed by atoms with Gasteiger partial charge in [-0.3, -0.25) is 9.59 Å². The molecule has 0 atom stereocenters. The van der Waals surface area contributed by atoms with Gasteiger partial charge in [-0.25, -0.2) is 8.42 Å². The van der Waals surface area contributed by atoms with Gasteiger partial charge in [0.25, 0.3) is 15.9 Å². The van der Waals surface area contributed by atoms with Crippen LogP contribution in [-0.2, 0) is 26.1 Å². The first-order valence-electron chi connectivity index (χ1n) is 8.69. The van der Waals surface area contributed by atoms with E-state index in [0.29, 0.717) is 37.6 Å². The number of nitrogens with one attached hydrogen (secondary N) is 2. The number of sulfonamides is 1. The zero-order valence-corrected chi connectivity index (χ0v) is 16.9. The van der Waals surface area contributed by atoms with Crippen LogP contribution in [0.3, 0.4) is 0 Å². The van der Waals surface area contributed by atoms with Gasteiger partial charge >= 0.3 is 0 Å². The first kappa shape index (κ1) is 20.5. The zero-order valence-electron chi connectivity index (χ0n) is 15.3. The molecule has 1 fully saturated rings. The standard InChI is InChI=1S/C18H21N3O5S2/c1-13(22)20-15-4-2-3-14(11-15)18(23)19-12-16-5-6-17(27-16)28(24,25)21-7-9-26-10-8-21/h2-6,11H,7-10,12H2,1H3,(H,19,23)(H,20,22). The summed E-state index contributed by atoms with van der Waals surface area (Å²) in [6, 6.07) is 9.86. The number of anilines is 1. The molecule has 0 spiro atoms. The van der Waals surface area contributed by atoms with E-state index in [-0.39, 0.29) is 22.6 Å².